The average molecular weight is 447 g/mol. The third-order valence-corrected chi connectivity index (χ3v) is 4.46. The van der Waals surface area contributed by atoms with Crippen LogP contribution in [0.15, 0.2) is 48.5 Å². The molecule has 11 heteroatoms. The molecule has 0 aliphatic heterocycles. The molecule has 0 amide bonds. The van der Waals surface area contributed by atoms with Gasteiger partial charge in [0.25, 0.3) is 5.69 Å². The monoisotopic (exact) mass is 446 g/mol. The van der Waals surface area contributed by atoms with Gasteiger partial charge in [-0.3, -0.25) is 10.1 Å². The molecule has 1 heterocycles. The molecule has 0 saturated heterocycles. The summed E-state index contributed by atoms with van der Waals surface area (Å²) < 4.78 is 15.8. The lowest BCUT2D eigenvalue weighted by Crippen LogP contribution is -2.11. The van der Waals surface area contributed by atoms with E-state index in [-0.39, 0.29) is 16.7 Å². The molecular weight excluding hydrogens is 432 g/mol. The molecule has 0 atom stereocenters. The van der Waals surface area contributed by atoms with Crippen molar-refractivity contribution in [3.8, 4) is 23.5 Å². The summed E-state index contributed by atoms with van der Waals surface area (Å²) in [6.07, 6.45) is 0. The van der Waals surface area contributed by atoms with Gasteiger partial charge in [-0.2, -0.15) is 9.97 Å². The molecule has 0 aliphatic rings. The minimum absolute atomic E-state index is 0.0609. The standard InChI is InChI=1S/C19H15ClN4O5S/c1-27-16-10-17(28-2)23-19(22-16)29-13-6-3-11(4-7-13)21-18(30)14-9-12(24(25)26)5-8-15(14)20/h3-10H,1-2H3,(H,21,30). The van der Waals surface area contributed by atoms with Gasteiger partial charge in [-0.25, -0.2) is 0 Å². The Morgan fingerprint density at radius 1 is 1.07 bits per heavy atom. The lowest BCUT2D eigenvalue weighted by Gasteiger charge is -2.11. The number of nitrogens with zero attached hydrogens (tertiary/aromatic N) is 3. The Morgan fingerprint density at radius 2 is 1.70 bits per heavy atom. The molecule has 0 fully saturated rings. The second-order valence-electron chi connectivity index (χ2n) is 5.74. The Bertz CT molecular complexity index is 1070. The van der Waals surface area contributed by atoms with Crippen molar-refractivity contribution in [3.05, 3.63) is 69.2 Å². The van der Waals surface area contributed by atoms with Crippen molar-refractivity contribution in [2.75, 3.05) is 19.5 Å². The van der Waals surface area contributed by atoms with E-state index >= 15 is 0 Å². The maximum Gasteiger partial charge on any atom is 0.328 e. The molecule has 2 aromatic carbocycles. The van der Waals surface area contributed by atoms with Crippen molar-refractivity contribution in [1.82, 2.24) is 9.97 Å². The fourth-order valence-corrected chi connectivity index (χ4v) is 2.90. The van der Waals surface area contributed by atoms with Crippen LogP contribution in [0.2, 0.25) is 5.02 Å². The van der Waals surface area contributed by atoms with Crippen molar-refractivity contribution in [2.45, 2.75) is 0 Å². The van der Waals surface area contributed by atoms with E-state index < -0.39 is 4.92 Å². The number of benzene rings is 2. The number of aromatic nitrogens is 2. The first-order valence-corrected chi connectivity index (χ1v) is 9.18. The van der Waals surface area contributed by atoms with E-state index in [4.69, 9.17) is 38.0 Å². The number of non-ortho nitro benzene ring substituents is 1. The molecule has 30 heavy (non-hydrogen) atoms. The number of thiocarbonyl (C=S) groups is 1. The van der Waals surface area contributed by atoms with E-state index in [1.165, 1.54) is 38.5 Å². The van der Waals surface area contributed by atoms with Gasteiger partial charge in [0, 0.05) is 23.4 Å². The van der Waals surface area contributed by atoms with E-state index in [0.717, 1.165) is 0 Å². The van der Waals surface area contributed by atoms with Gasteiger partial charge in [0.15, 0.2) is 0 Å². The molecule has 9 nitrogen and oxygen atoms in total. The number of methoxy groups -OCH3 is 2. The van der Waals surface area contributed by atoms with Crippen LogP contribution in [0, 0.1) is 10.1 Å². The minimum Gasteiger partial charge on any atom is -0.481 e. The van der Waals surface area contributed by atoms with E-state index in [2.05, 4.69) is 15.3 Å². The molecule has 0 saturated carbocycles. The third kappa shape index (κ3) is 5.10. The first kappa shape index (κ1) is 21.2. The molecule has 0 aliphatic carbocycles. The predicted molar refractivity (Wildman–Crippen MR) is 115 cm³/mol. The molecule has 3 aromatic rings. The van der Waals surface area contributed by atoms with Gasteiger partial charge in [0.1, 0.15) is 10.7 Å². The van der Waals surface area contributed by atoms with Crippen molar-refractivity contribution < 1.29 is 19.1 Å². The SMILES string of the molecule is COc1cc(OC)nc(Oc2ccc(NC(=S)c3cc([N+](=O)[O-])ccc3Cl)cc2)n1. The summed E-state index contributed by atoms with van der Waals surface area (Å²) in [4.78, 5) is 18.9. The summed E-state index contributed by atoms with van der Waals surface area (Å²) in [5, 5.41) is 14.3. The van der Waals surface area contributed by atoms with Crippen LogP contribution in [0.4, 0.5) is 11.4 Å². The van der Waals surface area contributed by atoms with Crippen LogP contribution < -0.4 is 19.5 Å². The molecule has 154 valence electrons. The van der Waals surface area contributed by atoms with Crippen LogP contribution >= 0.6 is 23.8 Å². The van der Waals surface area contributed by atoms with Gasteiger partial charge in [0.2, 0.25) is 11.8 Å². The maximum atomic E-state index is 11.0. The molecule has 0 radical (unpaired) electrons. The zero-order chi connectivity index (χ0) is 21.7. The van der Waals surface area contributed by atoms with Crippen molar-refractivity contribution in [2.24, 2.45) is 0 Å². The van der Waals surface area contributed by atoms with E-state index in [9.17, 15) is 10.1 Å². The summed E-state index contributed by atoms with van der Waals surface area (Å²) in [6, 6.07) is 12.4. The Hall–Kier alpha value is -3.50. The lowest BCUT2D eigenvalue weighted by atomic mass is 10.2. The average Bonchev–Trinajstić information content (AvgIpc) is 2.74. The molecule has 1 N–H and O–H groups in total. The smallest absolute Gasteiger partial charge is 0.328 e. The maximum absolute atomic E-state index is 11.0. The van der Waals surface area contributed by atoms with Crippen LogP contribution in [-0.2, 0) is 0 Å². The van der Waals surface area contributed by atoms with E-state index in [1.807, 2.05) is 0 Å². The number of nitro benzene ring substituents is 1. The van der Waals surface area contributed by atoms with Crippen LogP contribution in [0.5, 0.6) is 23.5 Å². The van der Waals surface area contributed by atoms with Crippen molar-refractivity contribution >= 4 is 40.2 Å². The van der Waals surface area contributed by atoms with Crippen molar-refractivity contribution in [1.29, 1.82) is 0 Å². The van der Waals surface area contributed by atoms with Gasteiger partial charge < -0.3 is 19.5 Å². The molecular formula is C19H15ClN4O5S. The predicted octanol–water partition coefficient (Wildman–Crippen LogP) is 4.64. The third-order valence-electron chi connectivity index (χ3n) is 3.80. The van der Waals surface area contributed by atoms with Gasteiger partial charge in [0.05, 0.1) is 30.2 Å². The number of ether oxygens (including phenoxy) is 3. The molecule has 0 bridgehead atoms. The number of hydrogen-bond donors (Lipinski definition) is 1. The van der Waals surface area contributed by atoms with E-state index in [1.54, 1.807) is 24.3 Å². The summed E-state index contributed by atoms with van der Waals surface area (Å²) in [5.41, 5.74) is 0.896. The zero-order valence-electron chi connectivity index (χ0n) is 15.8. The Balaban J connectivity index is 1.73. The van der Waals surface area contributed by atoms with Gasteiger partial charge in [-0.05, 0) is 30.3 Å². The molecule has 0 spiro atoms. The summed E-state index contributed by atoms with van der Waals surface area (Å²) >= 11 is 11.5. The van der Waals surface area contributed by atoms with Crippen LogP contribution in [-0.4, -0.2) is 34.1 Å². The van der Waals surface area contributed by atoms with Gasteiger partial charge in [-0.1, -0.05) is 23.8 Å². The molecule has 3 rings (SSSR count). The highest BCUT2D eigenvalue weighted by Gasteiger charge is 2.14. The number of anilines is 1. The fourth-order valence-electron chi connectivity index (χ4n) is 2.35. The minimum atomic E-state index is -0.510. The first-order chi connectivity index (χ1) is 14.4. The number of rotatable bonds is 7. The molecule has 0 unspecified atom stereocenters. The van der Waals surface area contributed by atoms with Crippen LogP contribution in [0.1, 0.15) is 5.56 Å². The second kappa shape index (κ2) is 9.33. The summed E-state index contributed by atoms with van der Waals surface area (Å²) in [7, 11) is 2.95. The first-order valence-electron chi connectivity index (χ1n) is 8.40. The van der Waals surface area contributed by atoms with Crippen LogP contribution in [0.3, 0.4) is 0 Å². The highest BCUT2D eigenvalue weighted by Crippen LogP contribution is 2.26. The largest absolute Gasteiger partial charge is 0.481 e. The van der Waals surface area contributed by atoms with E-state index in [0.29, 0.717) is 33.8 Å². The second-order valence-corrected chi connectivity index (χ2v) is 6.55. The lowest BCUT2D eigenvalue weighted by molar-refractivity contribution is -0.384. The normalized spacial score (nSPS) is 10.2. The number of nitrogens with one attached hydrogen (secondary N) is 1. The number of hydrogen-bond acceptors (Lipinski definition) is 8. The number of nitro groups is 1. The van der Waals surface area contributed by atoms with Crippen molar-refractivity contribution in [3.63, 3.8) is 0 Å². The Labute approximate surface area is 181 Å². The van der Waals surface area contributed by atoms with Gasteiger partial charge >= 0.3 is 6.01 Å². The highest BCUT2D eigenvalue weighted by atomic mass is 35.5. The zero-order valence-corrected chi connectivity index (χ0v) is 17.4. The highest BCUT2D eigenvalue weighted by molar-refractivity contribution is 7.81. The Morgan fingerprint density at radius 3 is 2.27 bits per heavy atom. The fraction of sp³-hybridized carbons (Fsp3) is 0.105. The molecule has 1 aromatic heterocycles. The summed E-state index contributed by atoms with van der Waals surface area (Å²) in [6.45, 7) is 0. The summed E-state index contributed by atoms with van der Waals surface area (Å²) in [5.74, 6) is 1.07. The number of halogens is 1. The van der Waals surface area contributed by atoms with Gasteiger partial charge in [-0.15, -0.1) is 0 Å². The quantitative estimate of drug-likeness (QED) is 0.315. The topological polar surface area (TPSA) is 109 Å². The van der Waals surface area contributed by atoms with Crippen LogP contribution in [0.25, 0.3) is 0 Å². The Kier molecular flexibility index (Phi) is 6.60.